The van der Waals surface area contributed by atoms with Crippen molar-refractivity contribution >= 4 is 35.2 Å². The van der Waals surface area contributed by atoms with Crippen LogP contribution >= 0.6 is 0 Å². The molecule has 0 rings (SSSR count). The second-order valence-corrected chi connectivity index (χ2v) is 0.860. The summed E-state index contributed by atoms with van der Waals surface area (Å²) in [6, 6.07) is 0. The van der Waals surface area contributed by atoms with Crippen LogP contribution in [0.15, 0.2) is 0 Å². The van der Waals surface area contributed by atoms with Crippen LogP contribution < -0.4 is 0 Å². The number of rotatable bonds is 0. The zero-order valence-electron chi connectivity index (χ0n) is 3.99. The van der Waals surface area contributed by atoms with Crippen molar-refractivity contribution in [2.24, 2.45) is 0 Å². The Bertz CT molecular complexity index is 92.0. The van der Waals surface area contributed by atoms with Gasteiger partial charge in [-0.1, -0.05) is 0 Å². The summed E-state index contributed by atoms with van der Waals surface area (Å²) in [5.74, 6) is -0.812. The normalized spacial score (nSPS) is 5.89. The SMILES string of the molecule is CC(=O)OC(=O)O.[MgH2].[Ni]. The Hall–Kier alpha value is 0.200. The second-order valence-electron chi connectivity index (χ2n) is 0.860. The van der Waals surface area contributed by atoms with Crippen LogP contribution in [0.4, 0.5) is 4.79 Å². The molecule has 0 aromatic heterocycles. The topological polar surface area (TPSA) is 63.6 Å². The van der Waals surface area contributed by atoms with E-state index in [2.05, 4.69) is 4.74 Å². The predicted molar refractivity (Wildman–Crippen MR) is 28.3 cm³/mol. The van der Waals surface area contributed by atoms with Gasteiger partial charge < -0.3 is 9.84 Å². The number of esters is 1. The van der Waals surface area contributed by atoms with Crippen molar-refractivity contribution in [1.82, 2.24) is 0 Å². The van der Waals surface area contributed by atoms with E-state index in [0.717, 1.165) is 6.92 Å². The van der Waals surface area contributed by atoms with Crippen molar-refractivity contribution < 1.29 is 35.9 Å². The van der Waals surface area contributed by atoms with Crippen LogP contribution in [0.2, 0.25) is 0 Å². The Morgan fingerprint density at radius 1 is 1.44 bits per heavy atom. The van der Waals surface area contributed by atoms with Crippen LogP contribution in [0, 0.1) is 0 Å². The summed E-state index contributed by atoms with van der Waals surface area (Å²) < 4.78 is 3.53. The van der Waals surface area contributed by atoms with Gasteiger partial charge >= 0.3 is 35.2 Å². The maximum absolute atomic E-state index is 9.65. The van der Waals surface area contributed by atoms with Gasteiger partial charge in [-0.15, -0.1) is 0 Å². The molecule has 6 heteroatoms. The van der Waals surface area contributed by atoms with Crippen molar-refractivity contribution in [3.8, 4) is 0 Å². The fraction of sp³-hybridized carbons (Fsp3) is 0.333. The Kier molecular flexibility index (Phi) is 14.7. The first kappa shape index (κ1) is 16.1. The maximum atomic E-state index is 9.65. The van der Waals surface area contributed by atoms with Crippen LogP contribution in [0.25, 0.3) is 0 Å². The standard InChI is InChI=1S/C3H4O4.Mg.Ni.2H/c1-2(4)7-3(5)6;;;;/h1H3,(H,5,6);;;;. The van der Waals surface area contributed by atoms with Crippen molar-refractivity contribution in [3.63, 3.8) is 0 Å². The van der Waals surface area contributed by atoms with Crippen molar-refractivity contribution in [2.75, 3.05) is 0 Å². The number of carbonyl (C=O) groups is 2. The first-order valence-electron chi connectivity index (χ1n) is 1.54. The largest absolute Gasteiger partial charge is 0.513 e. The van der Waals surface area contributed by atoms with E-state index in [9.17, 15) is 9.59 Å². The molecule has 0 amide bonds. The van der Waals surface area contributed by atoms with E-state index in [1.165, 1.54) is 0 Å². The predicted octanol–water partition coefficient (Wildman–Crippen LogP) is -0.691. The molecule has 0 aliphatic carbocycles. The molecule has 54 valence electrons. The third kappa shape index (κ3) is 17.9. The van der Waals surface area contributed by atoms with Gasteiger partial charge in [-0.2, -0.15) is 0 Å². The molecule has 0 saturated heterocycles. The molecular formula is C3H6MgNiO4. The molecule has 0 radical (unpaired) electrons. The summed E-state index contributed by atoms with van der Waals surface area (Å²) in [7, 11) is 0. The van der Waals surface area contributed by atoms with Crippen LogP contribution in [0.5, 0.6) is 0 Å². The molecule has 4 nitrogen and oxygen atoms in total. The van der Waals surface area contributed by atoms with E-state index in [0.29, 0.717) is 0 Å². The first-order valence-corrected chi connectivity index (χ1v) is 1.54. The van der Waals surface area contributed by atoms with Crippen LogP contribution in [0.1, 0.15) is 6.92 Å². The summed E-state index contributed by atoms with van der Waals surface area (Å²) in [6.07, 6.45) is -1.56. The Labute approximate surface area is 78.0 Å². The van der Waals surface area contributed by atoms with E-state index in [-0.39, 0.29) is 39.5 Å². The van der Waals surface area contributed by atoms with Crippen molar-refractivity contribution in [2.45, 2.75) is 6.92 Å². The monoisotopic (exact) mass is 188 g/mol. The third-order valence-electron chi connectivity index (χ3n) is 0.231. The van der Waals surface area contributed by atoms with E-state index in [4.69, 9.17) is 5.11 Å². The molecule has 0 aliphatic heterocycles. The van der Waals surface area contributed by atoms with E-state index < -0.39 is 12.1 Å². The Balaban J connectivity index is -0.000000180. The number of carbonyl (C=O) groups excluding carboxylic acids is 1. The fourth-order valence-corrected chi connectivity index (χ4v) is 0.123. The third-order valence-corrected chi connectivity index (χ3v) is 0.231. The van der Waals surface area contributed by atoms with Crippen molar-refractivity contribution in [3.05, 3.63) is 0 Å². The minimum Gasteiger partial charge on any atom is -0.449 e. The van der Waals surface area contributed by atoms with Gasteiger partial charge in [0.1, 0.15) is 0 Å². The van der Waals surface area contributed by atoms with Gasteiger partial charge in [-0.05, 0) is 0 Å². The molecular weight excluding hydrogens is 183 g/mol. The summed E-state index contributed by atoms with van der Waals surface area (Å²) in [5.41, 5.74) is 0. The van der Waals surface area contributed by atoms with E-state index >= 15 is 0 Å². The average molecular weight is 189 g/mol. The molecule has 0 fully saturated rings. The fourth-order valence-electron chi connectivity index (χ4n) is 0.123. The molecule has 0 aromatic carbocycles. The summed E-state index contributed by atoms with van der Waals surface area (Å²) >= 11 is 0. The molecule has 0 aliphatic rings. The molecule has 0 heterocycles. The van der Waals surface area contributed by atoms with Gasteiger partial charge in [0.25, 0.3) is 0 Å². The summed E-state index contributed by atoms with van der Waals surface area (Å²) in [5, 5.41) is 7.64. The zero-order valence-corrected chi connectivity index (χ0v) is 4.98. The van der Waals surface area contributed by atoms with Crippen LogP contribution in [0.3, 0.4) is 0 Å². The van der Waals surface area contributed by atoms with Crippen LogP contribution in [-0.4, -0.2) is 40.3 Å². The molecule has 0 unspecified atom stereocenters. The van der Waals surface area contributed by atoms with Gasteiger partial charge in [0.05, 0.1) is 0 Å². The smallest absolute Gasteiger partial charge is 0.449 e. The first-order chi connectivity index (χ1) is 3.13. The van der Waals surface area contributed by atoms with Gasteiger partial charge in [0.15, 0.2) is 0 Å². The average Bonchev–Trinajstić information content (AvgIpc) is 1.27. The number of hydrogen-bond acceptors (Lipinski definition) is 3. The number of ether oxygens (including phenoxy) is 1. The Morgan fingerprint density at radius 3 is 1.78 bits per heavy atom. The molecule has 1 N–H and O–H groups in total. The van der Waals surface area contributed by atoms with Crippen LogP contribution in [-0.2, 0) is 26.0 Å². The minimum atomic E-state index is -1.56. The van der Waals surface area contributed by atoms with Gasteiger partial charge in [-0.25, -0.2) is 4.79 Å². The number of hydrogen-bond donors (Lipinski definition) is 1. The van der Waals surface area contributed by atoms with Gasteiger partial charge in [0, 0.05) is 23.4 Å². The maximum Gasteiger partial charge on any atom is 0.513 e. The quantitative estimate of drug-likeness (QED) is 0.311. The van der Waals surface area contributed by atoms with E-state index in [1.807, 2.05) is 0 Å². The van der Waals surface area contributed by atoms with Gasteiger partial charge in [0.2, 0.25) is 0 Å². The molecule has 0 saturated carbocycles. The Morgan fingerprint density at radius 2 is 1.78 bits per heavy atom. The second kappa shape index (κ2) is 8.20. The number of carboxylic acid groups (broad SMARTS) is 1. The van der Waals surface area contributed by atoms with E-state index in [1.54, 1.807) is 0 Å². The van der Waals surface area contributed by atoms with Crippen molar-refractivity contribution in [1.29, 1.82) is 0 Å². The molecule has 0 aromatic rings. The molecule has 0 bridgehead atoms. The van der Waals surface area contributed by atoms with Gasteiger partial charge in [-0.3, -0.25) is 4.79 Å². The summed E-state index contributed by atoms with van der Waals surface area (Å²) in [6.45, 7) is 1.02. The molecule has 9 heavy (non-hydrogen) atoms. The summed E-state index contributed by atoms with van der Waals surface area (Å²) in [4.78, 5) is 19.0. The molecule has 0 atom stereocenters. The minimum absolute atomic E-state index is 0. The zero-order chi connectivity index (χ0) is 5.86. The molecule has 0 spiro atoms.